The molecular weight excluding hydrogens is 244 g/mol. The summed E-state index contributed by atoms with van der Waals surface area (Å²) in [7, 11) is 1.28. The number of carbonyl (C=O) groups excluding carboxylic acids is 2. The van der Waals surface area contributed by atoms with Crippen LogP contribution in [0.15, 0.2) is 24.3 Å². The van der Waals surface area contributed by atoms with Crippen molar-refractivity contribution in [3.8, 4) is 0 Å². The highest BCUT2D eigenvalue weighted by atomic mass is 35.5. The van der Waals surface area contributed by atoms with E-state index in [1.165, 1.54) is 14.0 Å². The van der Waals surface area contributed by atoms with Crippen LogP contribution in [0.4, 0.5) is 0 Å². The van der Waals surface area contributed by atoms with Gasteiger partial charge in [0.25, 0.3) is 0 Å². The third-order valence-electron chi connectivity index (χ3n) is 2.11. The van der Waals surface area contributed by atoms with Crippen molar-refractivity contribution in [3.05, 3.63) is 34.9 Å². The van der Waals surface area contributed by atoms with E-state index in [1.54, 1.807) is 24.3 Å². The van der Waals surface area contributed by atoms with Crippen molar-refractivity contribution in [1.29, 1.82) is 0 Å². The zero-order valence-corrected chi connectivity index (χ0v) is 10.4. The number of ether oxygens (including phenoxy) is 2. The highest BCUT2D eigenvalue weighted by Gasteiger charge is 2.19. The van der Waals surface area contributed by atoms with Gasteiger partial charge in [-0.1, -0.05) is 23.7 Å². The predicted molar refractivity (Wildman–Crippen MR) is 62.6 cm³/mol. The van der Waals surface area contributed by atoms with E-state index in [9.17, 15) is 9.59 Å². The third kappa shape index (κ3) is 4.44. The second-order valence-electron chi connectivity index (χ2n) is 3.43. The molecule has 5 heteroatoms. The highest BCUT2D eigenvalue weighted by molar-refractivity contribution is 6.30. The lowest BCUT2D eigenvalue weighted by atomic mass is 10.1. The Balaban J connectivity index is 2.89. The van der Waals surface area contributed by atoms with Crippen molar-refractivity contribution in [1.82, 2.24) is 0 Å². The van der Waals surface area contributed by atoms with E-state index < -0.39 is 18.0 Å². The van der Waals surface area contributed by atoms with E-state index in [0.717, 1.165) is 0 Å². The number of rotatable bonds is 4. The van der Waals surface area contributed by atoms with Gasteiger partial charge < -0.3 is 9.47 Å². The number of hydrogen-bond donors (Lipinski definition) is 0. The monoisotopic (exact) mass is 256 g/mol. The molecule has 0 bridgehead atoms. The van der Waals surface area contributed by atoms with Crippen LogP contribution in [-0.4, -0.2) is 19.0 Å². The van der Waals surface area contributed by atoms with Gasteiger partial charge in [-0.2, -0.15) is 0 Å². The summed E-state index contributed by atoms with van der Waals surface area (Å²) in [5, 5.41) is 0.518. The van der Waals surface area contributed by atoms with E-state index >= 15 is 0 Å². The summed E-state index contributed by atoms with van der Waals surface area (Å²) in [6, 6.07) is 6.82. The maximum Gasteiger partial charge on any atom is 0.309 e. The quantitative estimate of drug-likeness (QED) is 0.777. The molecule has 0 aromatic heterocycles. The molecule has 0 fully saturated rings. The molecule has 0 spiro atoms. The molecule has 1 atom stereocenters. The lowest BCUT2D eigenvalue weighted by Gasteiger charge is -2.16. The van der Waals surface area contributed by atoms with Gasteiger partial charge in [0.15, 0.2) is 0 Å². The largest absolute Gasteiger partial charge is 0.469 e. The number of benzene rings is 1. The standard InChI is InChI=1S/C12H13ClO4/c1-8(14)17-11(7-12(15)16-2)9-4-3-5-10(13)6-9/h3-6,11H,7H2,1-2H3. The molecule has 92 valence electrons. The molecule has 4 nitrogen and oxygen atoms in total. The van der Waals surface area contributed by atoms with E-state index in [1.807, 2.05) is 0 Å². The number of carbonyl (C=O) groups is 2. The van der Waals surface area contributed by atoms with Crippen LogP contribution in [-0.2, 0) is 19.1 Å². The lowest BCUT2D eigenvalue weighted by Crippen LogP contribution is -2.14. The van der Waals surface area contributed by atoms with Crippen LogP contribution < -0.4 is 0 Å². The first kappa shape index (κ1) is 13.5. The molecule has 0 aliphatic heterocycles. The van der Waals surface area contributed by atoms with Gasteiger partial charge in [-0.05, 0) is 17.7 Å². The van der Waals surface area contributed by atoms with Gasteiger partial charge in [0, 0.05) is 11.9 Å². The molecule has 0 heterocycles. The third-order valence-corrected chi connectivity index (χ3v) is 2.34. The topological polar surface area (TPSA) is 52.6 Å². The number of halogens is 1. The summed E-state index contributed by atoms with van der Waals surface area (Å²) in [5.74, 6) is -0.907. The Hall–Kier alpha value is -1.55. The molecule has 0 N–H and O–H groups in total. The second kappa shape index (κ2) is 6.25. The first-order valence-electron chi connectivity index (χ1n) is 5.02. The minimum Gasteiger partial charge on any atom is -0.469 e. The normalized spacial score (nSPS) is 11.7. The molecule has 0 amide bonds. The summed E-state index contributed by atoms with van der Waals surface area (Å²) < 4.78 is 9.62. The van der Waals surface area contributed by atoms with Crippen LogP contribution in [0.1, 0.15) is 25.0 Å². The first-order chi connectivity index (χ1) is 8.02. The summed E-state index contributed by atoms with van der Waals surface area (Å²) in [5.41, 5.74) is 0.665. The van der Waals surface area contributed by atoms with E-state index in [0.29, 0.717) is 10.6 Å². The zero-order valence-electron chi connectivity index (χ0n) is 9.60. The van der Waals surface area contributed by atoms with Crippen LogP contribution in [0.2, 0.25) is 5.02 Å². The van der Waals surface area contributed by atoms with E-state index in [4.69, 9.17) is 16.3 Å². The van der Waals surface area contributed by atoms with Crippen molar-refractivity contribution < 1.29 is 19.1 Å². The minimum absolute atomic E-state index is 0.0313. The predicted octanol–water partition coefficient (Wildman–Crippen LogP) is 2.51. The lowest BCUT2D eigenvalue weighted by molar-refractivity contribution is -0.152. The van der Waals surface area contributed by atoms with E-state index in [2.05, 4.69) is 4.74 Å². The fraction of sp³-hybridized carbons (Fsp3) is 0.333. The molecule has 0 radical (unpaired) electrons. The van der Waals surface area contributed by atoms with Crippen LogP contribution in [0, 0.1) is 0 Å². The van der Waals surface area contributed by atoms with Gasteiger partial charge in [-0.25, -0.2) is 0 Å². The SMILES string of the molecule is COC(=O)CC(OC(C)=O)c1cccc(Cl)c1. The summed E-state index contributed by atoms with van der Waals surface area (Å²) in [6.45, 7) is 1.29. The molecule has 17 heavy (non-hydrogen) atoms. The van der Waals surface area contributed by atoms with Crippen LogP contribution in [0.5, 0.6) is 0 Å². The molecule has 1 aromatic carbocycles. The van der Waals surface area contributed by atoms with Crippen LogP contribution in [0.25, 0.3) is 0 Å². The van der Waals surface area contributed by atoms with Crippen molar-refractivity contribution >= 4 is 23.5 Å². The smallest absolute Gasteiger partial charge is 0.309 e. The summed E-state index contributed by atoms with van der Waals surface area (Å²) in [4.78, 5) is 22.2. The zero-order chi connectivity index (χ0) is 12.8. The summed E-state index contributed by atoms with van der Waals surface area (Å²) >= 11 is 5.84. The number of methoxy groups -OCH3 is 1. The van der Waals surface area contributed by atoms with Crippen molar-refractivity contribution in [3.63, 3.8) is 0 Å². The molecule has 0 saturated heterocycles. The number of esters is 2. The number of hydrogen-bond acceptors (Lipinski definition) is 4. The Morgan fingerprint density at radius 2 is 2.12 bits per heavy atom. The van der Waals surface area contributed by atoms with Gasteiger partial charge >= 0.3 is 11.9 Å². The molecule has 0 saturated carbocycles. The molecule has 0 aliphatic rings. The first-order valence-corrected chi connectivity index (χ1v) is 5.40. The van der Waals surface area contributed by atoms with Crippen molar-refractivity contribution in [2.45, 2.75) is 19.4 Å². The maximum atomic E-state index is 11.2. The maximum absolute atomic E-state index is 11.2. The highest BCUT2D eigenvalue weighted by Crippen LogP contribution is 2.24. The van der Waals surface area contributed by atoms with Gasteiger partial charge in [0.05, 0.1) is 13.5 Å². The van der Waals surface area contributed by atoms with Crippen LogP contribution in [0.3, 0.4) is 0 Å². The van der Waals surface area contributed by atoms with Gasteiger partial charge in [-0.3, -0.25) is 9.59 Å². The molecule has 1 unspecified atom stereocenters. The Kier molecular flexibility index (Phi) is 4.97. The van der Waals surface area contributed by atoms with E-state index in [-0.39, 0.29) is 6.42 Å². The van der Waals surface area contributed by atoms with Crippen LogP contribution >= 0.6 is 11.6 Å². The van der Waals surface area contributed by atoms with Gasteiger partial charge in [-0.15, -0.1) is 0 Å². The summed E-state index contributed by atoms with van der Waals surface area (Å²) in [6.07, 6.45) is -0.699. The Morgan fingerprint density at radius 3 is 2.65 bits per heavy atom. The average molecular weight is 257 g/mol. The molecule has 1 aromatic rings. The molecular formula is C12H13ClO4. The average Bonchev–Trinajstić information content (AvgIpc) is 2.27. The molecule has 0 aliphatic carbocycles. The fourth-order valence-electron chi connectivity index (χ4n) is 1.37. The van der Waals surface area contributed by atoms with Gasteiger partial charge in [0.1, 0.15) is 6.10 Å². The second-order valence-corrected chi connectivity index (χ2v) is 3.87. The molecule has 1 rings (SSSR count). The van der Waals surface area contributed by atoms with Crippen molar-refractivity contribution in [2.75, 3.05) is 7.11 Å². The van der Waals surface area contributed by atoms with Gasteiger partial charge in [0.2, 0.25) is 0 Å². The Morgan fingerprint density at radius 1 is 1.41 bits per heavy atom. The Labute approximate surface area is 104 Å². The minimum atomic E-state index is -0.668. The van der Waals surface area contributed by atoms with Crippen molar-refractivity contribution in [2.24, 2.45) is 0 Å². The fourth-order valence-corrected chi connectivity index (χ4v) is 1.57. The Bertz CT molecular complexity index is 417.